The Labute approximate surface area is 126 Å². The molecule has 5 heteroatoms. The molecule has 1 fully saturated rings. The van der Waals surface area contributed by atoms with Gasteiger partial charge in [-0.05, 0) is 51.0 Å². The number of hydrogen-bond acceptors (Lipinski definition) is 4. The van der Waals surface area contributed by atoms with Gasteiger partial charge in [0.05, 0.1) is 7.11 Å². The van der Waals surface area contributed by atoms with Crippen molar-refractivity contribution >= 4 is 17.5 Å². The van der Waals surface area contributed by atoms with Crippen molar-refractivity contribution in [2.24, 2.45) is 0 Å². The molecule has 0 unspecified atom stereocenters. The molecule has 1 saturated heterocycles. The van der Waals surface area contributed by atoms with Crippen molar-refractivity contribution in [2.75, 3.05) is 30.8 Å². The smallest absolute Gasteiger partial charge is 0.411 e. The van der Waals surface area contributed by atoms with Gasteiger partial charge in [0, 0.05) is 36.5 Å². The maximum atomic E-state index is 11.1. The first-order chi connectivity index (χ1) is 10.1. The van der Waals surface area contributed by atoms with Crippen LogP contribution >= 0.6 is 0 Å². The fourth-order valence-electron chi connectivity index (χ4n) is 2.61. The van der Waals surface area contributed by atoms with Crippen LogP contribution in [0.1, 0.15) is 26.7 Å². The van der Waals surface area contributed by atoms with E-state index in [1.807, 2.05) is 24.3 Å². The lowest BCUT2D eigenvalue weighted by molar-refractivity contribution is 0.177. The van der Waals surface area contributed by atoms with Crippen molar-refractivity contribution in [1.29, 1.82) is 0 Å². The number of likely N-dealkylation sites (tertiary alicyclic amines) is 1. The number of methoxy groups -OCH3 is 1. The van der Waals surface area contributed by atoms with Gasteiger partial charge in [0.15, 0.2) is 0 Å². The summed E-state index contributed by atoms with van der Waals surface area (Å²) in [7, 11) is 1.36. The summed E-state index contributed by atoms with van der Waals surface area (Å²) in [6.07, 6.45) is 1.89. The third-order valence-corrected chi connectivity index (χ3v) is 3.95. The van der Waals surface area contributed by atoms with Gasteiger partial charge >= 0.3 is 6.09 Å². The summed E-state index contributed by atoms with van der Waals surface area (Å²) in [5.41, 5.74) is 1.83. The molecule has 1 heterocycles. The van der Waals surface area contributed by atoms with Gasteiger partial charge in [-0.2, -0.15) is 0 Å². The molecule has 0 spiro atoms. The third-order valence-electron chi connectivity index (χ3n) is 3.95. The summed E-state index contributed by atoms with van der Waals surface area (Å²) >= 11 is 0. The Balaban J connectivity index is 1.82. The van der Waals surface area contributed by atoms with E-state index >= 15 is 0 Å². The SMILES string of the molecule is COC(=O)Nc1ccc(NC2CCN(C(C)C)CC2)cc1. The zero-order valence-electron chi connectivity index (χ0n) is 13.1. The highest BCUT2D eigenvalue weighted by atomic mass is 16.5. The number of ether oxygens (including phenoxy) is 1. The highest BCUT2D eigenvalue weighted by Crippen LogP contribution is 2.19. The molecular weight excluding hydrogens is 266 g/mol. The normalized spacial score (nSPS) is 16.8. The maximum absolute atomic E-state index is 11.1. The molecule has 2 rings (SSSR count). The number of nitrogens with zero attached hydrogens (tertiary/aromatic N) is 1. The van der Waals surface area contributed by atoms with E-state index in [1.165, 1.54) is 20.0 Å². The number of carbonyl (C=O) groups excluding carboxylic acids is 1. The van der Waals surface area contributed by atoms with Crippen LogP contribution < -0.4 is 10.6 Å². The Kier molecular flexibility index (Phi) is 5.44. The fraction of sp³-hybridized carbons (Fsp3) is 0.562. The van der Waals surface area contributed by atoms with Crippen molar-refractivity contribution in [2.45, 2.75) is 38.8 Å². The van der Waals surface area contributed by atoms with Crippen molar-refractivity contribution in [3.63, 3.8) is 0 Å². The van der Waals surface area contributed by atoms with Crippen LogP contribution in [0.25, 0.3) is 0 Å². The van der Waals surface area contributed by atoms with Crippen LogP contribution in [0.15, 0.2) is 24.3 Å². The minimum absolute atomic E-state index is 0.447. The molecule has 0 aliphatic carbocycles. The number of benzene rings is 1. The molecule has 1 aliphatic rings. The van der Waals surface area contributed by atoms with Crippen molar-refractivity contribution in [1.82, 2.24) is 4.90 Å². The Morgan fingerprint density at radius 3 is 2.29 bits per heavy atom. The standard InChI is InChI=1S/C16H25N3O2/c1-12(2)19-10-8-15(9-11-19)17-13-4-6-14(7-5-13)18-16(20)21-3/h4-7,12,15,17H,8-11H2,1-3H3,(H,18,20). The van der Waals surface area contributed by atoms with E-state index in [1.54, 1.807) is 0 Å². The molecular formula is C16H25N3O2. The van der Waals surface area contributed by atoms with Gasteiger partial charge in [0.2, 0.25) is 0 Å². The van der Waals surface area contributed by atoms with Gasteiger partial charge in [-0.1, -0.05) is 0 Å². The second-order valence-electron chi connectivity index (χ2n) is 5.74. The average molecular weight is 291 g/mol. The molecule has 0 atom stereocenters. The summed E-state index contributed by atoms with van der Waals surface area (Å²) in [5, 5.41) is 6.21. The molecule has 1 aromatic rings. The molecule has 5 nitrogen and oxygen atoms in total. The van der Waals surface area contributed by atoms with Gasteiger partial charge in [0.1, 0.15) is 0 Å². The quantitative estimate of drug-likeness (QED) is 0.895. The van der Waals surface area contributed by atoms with Crippen LogP contribution in [0.2, 0.25) is 0 Å². The van der Waals surface area contributed by atoms with Crippen LogP contribution in [0.5, 0.6) is 0 Å². The summed E-state index contributed by atoms with van der Waals surface area (Å²) in [4.78, 5) is 13.6. The zero-order valence-corrected chi connectivity index (χ0v) is 13.1. The van der Waals surface area contributed by atoms with Crippen molar-refractivity contribution in [3.8, 4) is 0 Å². The lowest BCUT2D eigenvalue weighted by atomic mass is 10.0. The molecule has 1 amide bonds. The van der Waals surface area contributed by atoms with Gasteiger partial charge in [-0.25, -0.2) is 4.79 Å². The van der Waals surface area contributed by atoms with E-state index < -0.39 is 6.09 Å². The molecule has 0 bridgehead atoms. The van der Waals surface area contributed by atoms with E-state index in [-0.39, 0.29) is 0 Å². The third kappa shape index (κ3) is 4.63. The lowest BCUT2D eigenvalue weighted by Gasteiger charge is -2.35. The van der Waals surface area contributed by atoms with Crippen LogP contribution in [0.4, 0.5) is 16.2 Å². The summed E-state index contributed by atoms with van der Waals surface area (Å²) < 4.78 is 4.56. The predicted octanol–water partition coefficient (Wildman–Crippen LogP) is 3.15. The topological polar surface area (TPSA) is 53.6 Å². The first-order valence-electron chi connectivity index (χ1n) is 7.54. The zero-order chi connectivity index (χ0) is 15.2. The molecule has 0 saturated carbocycles. The highest BCUT2D eigenvalue weighted by molar-refractivity contribution is 5.84. The Hall–Kier alpha value is -1.75. The van der Waals surface area contributed by atoms with Crippen molar-refractivity contribution in [3.05, 3.63) is 24.3 Å². The number of hydrogen-bond donors (Lipinski definition) is 2. The summed E-state index contributed by atoms with van der Waals surface area (Å²) in [6.45, 7) is 6.80. The molecule has 21 heavy (non-hydrogen) atoms. The Morgan fingerprint density at radius 1 is 1.19 bits per heavy atom. The highest BCUT2D eigenvalue weighted by Gasteiger charge is 2.20. The lowest BCUT2D eigenvalue weighted by Crippen LogP contribution is -2.42. The first kappa shape index (κ1) is 15.6. The Bertz CT molecular complexity index is 451. The number of piperidine rings is 1. The molecule has 1 aliphatic heterocycles. The number of rotatable bonds is 4. The van der Waals surface area contributed by atoms with E-state index in [2.05, 4.69) is 34.1 Å². The van der Waals surface area contributed by atoms with Crippen LogP contribution in [-0.4, -0.2) is 43.3 Å². The van der Waals surface area contributed by atoms with Crippen LogP contribution in [-0.2, 0) is 4.74 Å². The van der Waals surface area contributed by atoms with Gasteiger partial charge < -0.3 is 15.0 Å². The predicted molar refractivity (Wildman–Crippen MR) is 85.8 cm³/mol. The molecule has 2 N–H and O–H groups in total. The minimum Gasteiger partial charge on any atom is -0.453 e. The number of nitrogens with one attached hydrogen (secondary N) is 2. The monoisotopic (exact) mass is 291 g/mol. The van der Waals surface area contributed by atoms with E-state index in [0.29, 0.717) is 12.1 Å². The summed E-state index contributed by atoms with van der Waals surface area (Å²) in [5.74, 6) is 0. The summed E-state index contributed by atoms with van der Waals surface area (Å²) in [6, 6.07) is 8.89. The fourth-order valence-corrected chi connectivity index (χ4v) is 2.61. The second kappa shape index (κ2) is 7.31. The second-order valence-corrected chi connectivity index (χ2v) is 5.74. The average Bonchev–Trinajstić information content (AvgIpc) is 2.49. The minimum atomic E-state index is -0.447. The molecule has 0 radical (unpaired) electrons. The van der Waals surface area contributed by atoms with Crippen molar-refractivity contribution < 1.29 is 9.53 Å². The molecule has 1 aromatic carbocycles. The molecule has 116 valence electrons. The number of carbonyl (C=O) groups is 1. The number of amides is 1. The maximum Gasteiger partial charge on any atom is 0.411 e. The molecule has 0 aromatic heterocycles. The first-order valence-corrected chi connectivity index (χ1v) is 7.54. The van der Waals surface area contributed by atoms with Gasteiger partial charge in [0.25, 0.3) is 0 Å². The van der Waals surface area contributed by atoms with Gasteiger partial charge in [-0.15, -0.1) is 0 Å². The van der Waals surface area contributed by atoms with E-state index in [0.717, 1.165) is 24.5 Å². The number of anilines is 2. The largest absolute Gasteiger partial charge is 0.453 e. The Morgan fingerprint density at radius 2 is 1.76 bits per heavy atom. The van der Waals surface area contributed by atoms with Crippen LogP contribution in [0.3, 0.4) is 0 Å². The van der Waals surface area contributed by atoms with E-state index in [4.69, 9.17) is 0 Å². The van der Waals surface area contributed by atoms with Gasteiger partial charge in [-0.3, -0.25) is 5.32 Å². The van der Waals surface area contributed by atoms with E-state index in [9.17, 15) is 4.79 Å². The van der Waals surface area contributed by atoms with Crippen LogP contribution in [0, 0.1) is 0 Å².